The van der Waals surface area contributed by atoms with Crippen LogP contribution < -0.4 is 0 Å². The van der Waals surface area contributed by atoms with Crippen LogP contribution in [0.4, 0.5) is 0 Å². The first-order chi connectivity index (χ1) is 18.2. The van der Waals surface area contributed by atoms with Crippen LogP contribution in [-0.4, -0.2) is 69.0 Å². The van der Waals surface area contributed by atoms with E-state index in [1.165, 1.54) is 96.8 Å². The van der Waals surface area contributed by atoms with Gasteiger partial charge in [0.1, 0.15) is 0 Å². The number of esters is 2. The van der Waals surface area contributed by atoms with Gasteiger partial charge in [0.05, 0.1) is 40.4 Å². The second-order valence-electron chi connectivity index (χ2n) is 12.5. The van der Waals surface area contributed by atoms with Crippen molar-refractivity contribution in [3.8, 4) is 0 Å². The third-order valence-corrected chi connectivity index (χ3v) is 7.59. The van der Waals surface area contributed by atoms with Gasteiger partial charge >= 0.3 is 11.9 Å². The van der Waals surface area contributed by atoms with E-state index in [0.29, 0.717) is 13.0 Å². The van der Waals surface area contributed by atoms with Crippen molar-refractivity contribution in [2.45, 2.75) is 161 Å². The topological polar surface area (TPSA) is 61.8 Å². The van der Waals surface area contributed by atoms with Crippen molar-refractivity contribution in [1.29, 1.82) is 0 Å². The maximum Gasteiger partial charge on any atom is 0.306 e. The lowest BCUT2D eigenvalue weighted by Crippen LogP contribution is -2.37. The number of ether oxygens (including phenoxy) is 3. The fourth-order valence-electron chi connectivity index (χ4n) is 5.32. The molecule has 0 bridgehead atoms. The summed E-state index contributed by atoms with van der Waals surface area (Å²) in [6, 6.07) is 0. The second kappa shape index (κ2) is 21.7. The lowest BCUT2D eigenvalue weighted by molar-refractivity contribution is -0.870. The molecule has 1 heterocycles. The molecule has 1 saturated heterocycles. The molecular formula is C32H62NO5+. The second-order valence-corrected chi connectivity index (χ2v) is 12.5. The van der Waals surface area contributed by atoms with Gasteiger partial charge in [0, 0.05) is 13.3 Å². The Balaban J connectivity index is 2.12. The molecule has 1 aliphatic heterocycles. The summed E-state index contributed by atoms with van der Waals surface area (Å²) in [4.78, 5) is 24.1. The van der Waals surface area contributed by atoms with Crippen molar-refractivity contribution >= 4 is 11.9 Å². The molecule has 0 aromatic carbocycles. The Hall–Kier alpha value is -1.14. The monoisotopic (exact) mass is 540 g/mol. The van der Waals surface area contributed by atoms with Crippen molar-refractivity contribution in [1.82, 2.24) is 0 Å². The minimum Gasteiger partial charge on any atom is -0.456 e. The lowest BCUT2D eigenvalue weighted by Gasteiger charge is -2.23. The van der Waals surface area contributed by atoms with E-state index < -0.39 is 12.2 Å². The maximum atomic E-state index is 12.4. The van der Waals surface area contributed by atoms with E-state index in [1.807, 2.05) is 0 Å². The van der Waals surface area contributed by atoms with Gasteiger partial charge < -0.3 is 18.7 Å². The Bertz CT molecular complexity index is 603. The molecule has 0 N–H and O–H groups in total. The summed E-state index contributed by atoms with van der Waals surface area (Å²) in [7, 11) is 6.54. The lowest BCUT2D eigenvalue weighted by atomic mass is 10.0. The first kappa shape index (κ1) is 34.9. The van der Waals surface area contributed by atoms with Gasteiger partial charge in [0.2, 0.25) is 0 Å². The summed E-state index contributed by atoms with van der Waals surface area (Å²) in [6.45, 7) is 5.10. The highest BCUT2D eigenvalue weighted by molar-refractivity contribution is 5.70. The minimum absolute atomic E-state index is 0.178. The molecule has 224 valence electrons. The molecule has 38 heavy (non-hydrogen) atoms. The van der Waals surface area contributed by atoms with E-state index in [2.05, 4.69) is 28.1 Å². The van der Waals surface area contributed by atoms with Crippen LogP contribution in [0.3, 0.4) is 0 Å². The molecule has 0 spiro atoms. The zero-order valence-corrected chi connectivity index (χ0v) is 25.8. The molecule has 0 aromatic heterocycles. The molecule has 1 rings (SSSR count). The van der Waals surface area contributed by atoms with Gasteiger partial charge in [-0.3, -0.25) is 9.59 Å². The smallest absolute Gasteiger partial charge is 0.306 e. The van der Waals surface area contributed by atoms with Crippen LogP contribution >= 0.6 is 0 Å². The molecule has 0 radical (unpaired) electrons. The number of hydrogen-bond acceptors (Lipinski definition) is 5. The number of rotatable bonds is 24. The quantitative estimate of drug-likeness (QED) is 0.0711. The number of hydrogen-bond donors (Lipinski definition) is 0. The number of carbonyl (C=O) groups excluding carboxylic acids is 2. The highest BCUT2D eigenvalue weighted by Crippen LogP contribution is 2.26. The van der Waals surface area contributed by atoms with Crippen molar-refractivity contribution in [2.24, 2.45) is 0 Å². The third kappa shape index (κ3) is 19.0. The Morgan fingerprint density at radius 3 is 1.71 bits per heavy atom. The molecule has 1 aliphatic rings. The van der Waals surface area contributed by atoms with Crippen LogP contribution in [0.25, 0.3) is 0 Å². The molecule has 0 aromatic rings. The first-order valence-electron chi connectivity index (χ1n) is 16.0. The summed E-state index contributed by atoms with van der Waals surface area (Å²) in [6.07, 6.45) is 23.1. The van der Waals surface area contributed by atoms with Crippen LogP contribution in [-0.2, 0) is 23.8 Å². The summed E-state index contributed by atoms with van der Waals surface area (Å²) >= 11 is 0. The number of carbonyl (C=O) groups is 2. The molecule has 6 heteroatoms. The molecule has 0 aliphatic carbocycles. The Morgan fingerprint density at radius 2 is 1.21 bits per heavy atom. The van der Waals surface area contributed by atoms with Crippen LogP contribution in [0.2, 0.25) is 0 Å². The van der Waals surface area contributed by atoms with Gasteiger partial charge in [-0.05, 0) is 25.7 Å². The van der Waals surface area contributed by atoms with Crippen LogP contribution in [0.5, 0.6) is 0 Å². The minimum atomic E-state index is -0.487. The van der Waals surface area contributed by atoms with Gasteiger partial charge in [0.15, 0.2) is 12.2 Å². The molecule has 0 unspecified atom stereocenters. The number of quaternary nitrogens is 1. The Kier molecular flexibility index (Phi) is 19.9. The molecule has 0 saturated carbocycles. The summed E-state index contributed by atoms with van der Waals surface area (Å²) in [5.41, 5.74) is 0. The average molecular weight is 541 g/mol. The summed E-state index contributed by atoms with van der Waals surface area (Å²) in [5.74, 6) is -0.558. The van der Waals surface area contributed by atoms with E-state index in [9.17, 15) is 9.59 Å². The van der Waals surface area contributed by atoms with Crippen LogP contribution in [0.15, 0.2) is 0 Å². The van der Waals surface area contributed by atoms with E-state index in [4.69, 9.17) is 14.2 Å². The van der Waals surface area contributed by atoms with Crippen molar-refractivity contribution < 1.29 is 28.3 Å². The highest BCUT2D eigenvalue weighted by Gasteiger charge is 2.41. The normalized spacial score (nSPS) is 19.6. The fourth-order valence-corrected chi connectivity index (χ4v) is 5.32. The zero-order chi connectivity index (χ0) is 28.1. The van der Waals surface area contributed by atoms with Gasteiger partial charge in [-0.2, -0.15) is 0 Å². The Labute approximate surface area is 235 Å². The van der Waals surface area contributed by atoms with Gasteiger partial charge in [0.25, 0.3) is 0 Å². The fraction of sp³-hybridized carbons (Fsp3) is 0.938. The van der Waals surface area contributed by atoms with Crippen LogP contribution in [0.1, 0.15) is 142 Å². The molecule has 6 nitrogen and oxygen atoms in total. The van der Waals surface area contributed by atoms with E-state index in [1.54, 1.807) is 0 Å². The van der Waals surface area contributed by atoms with Gasteiger partial charge in [-0.25, -0.2) is 0 Å². The van der Waals surface area contributed by atoms with Gasteiger partial charge in [-0.15, -0.1) is 0 Å². The zero-order valence-electron chi connectivity index (χ0n) is 25.8. The predicted octanol–water partition coefficient (Wildman–Crippen LogP) is 7.76. The third-order valence-electron chi connectivity index (χ3n) is 7.59. The predicted molar refractivity (Wildman–Crippen MR) is 156 cm³/mol. The summed E-state index contributed by atoms with van der Waals surface area (Å²) in [5, 5.41) is 0. The van der Waals surface area contributed by atoms with E-state index >= 15 is 0 Å². The standard InChI is InChI=1S/C32H62NO5/c1-6-7-8-9-10-11-12-13-14-15-16-17-18-19-21-24-29-32(37-28(2)34)30(27-36-29)38-31(35)25-22-20-23-26-33(3,4)5/h29-30,32H,6-27H2,1-5H3/q+1/t29-,30-,32-/m1/s1. The maximum absolute atomic E-state index is 12.4. The van der Waals surface area contributed by atoms with Crippen molar-refractivity contribution in [2.75, 3.05) is 34.3 Å². The molecule has 3 atom stereocenters. The SMILES string of the molecule is CCCCCCCCCCCCCCCCC[C@H]1OC[C@@H](OC(=O)CCCCC[N+](C)(C)C)[C@@H]1OC(C)=O. The largest absolute Gasteiger partial charge is 0.456 e. The van der Waals surface area contributed by atoms with Crippen molar-refractivity contribution in [3.05, 3.63) is 0 Å². The molecular weight excluding hydrogens is 478 g/mol. The number of nitrogens with zero attached hydrogens (tertiary/aromatic N) is 1. The first-order valence-corrected chi connectivity index (χ1v) is 16.0. The van der Waals surface area contributed by atoms with E-state index in [0.717, 1.165) is 43.1 Å². The van der Waals surface area contributed by atoms with Gasteiger partial charge in [-0.1, -0.05) is 103 Å². The van der Waals surface area contributed by atoms with Crippen molar-refractivity contribution in [3.63, 3.8) is 0 Å². The Morgan fingerprint density at radius 1 is 0.711 bits per heavy atom. The summed E-state index contributed by atoms with van der Waals surface area (Å²) < 4.78 is 18.1. The molecule has 0 amide bonds. The van der Waals surface area contributed by atoms with Crippen LogP contribution in [0, 0.1) is 0 Å². The van der Waals surface area contributed by atoms with E-state index in [-0.39, 0.29) is 18.0 Å². The highest BCUT2D eigenvalue weighted by atomic mass is 16.6. The molecule has 1 fully saturated rings. The number of unbranched alkanes of at least 4 members (excludes halogenated alkanes) is 16. The average Bonchev–Trinajstić information content (AvgIpc) is 3.20.